The Hall–Kier alpha value is -2.18. The van der Waals surface area contributed by atoms with Crippen molar-refractivity contribution in [2.75, 3.05) is 13.7 Å². The Kier molecular flexibility index (Phi) is 5.83. The van der Waals surface area contributed by atoms with Crippen LogP contribution in [-0.4, -0.2) is 23.3 Å². The fraction of sp³-hybridized carbons (Fsp3) is 0.263. The molecule has 2 aromatic carbocycles. The Bertz CT molecular complexity index is 909. The highest BCUT2D eigenvalue weighted by atomic mass is 32.2. The van der Waals surface area contributed by atoms with E-state index in [4.69, 9.17) is 4.74 Å². The van der Waals surface area contributed by atoms with Crippen molar-refractivity contribution in [3.05, 3.63) is 70.3 Å². The van der Waals surface area contributed by atoms with E-state index in [-0.39, 0.29) is 11.4 Å². The Morgan fingerprint density at radius 3 is 2.68 bits per heavy atom. The lowest BCUT2D eigenvalue weighted by molar-refractivity contribution is 0.189. The summed E-state index contributed by atoms with van der Waals surface area (Å²) in [7, 11) is 1.64. The van der Waals surface area contributed by atoms with Crippen molar-refractivity contribution >= 4 is 22.7 Å². The number of fused-ring (bicyclic) bond motifs is 1. The molecule has 1 aromatic heterocycles. The smallest absolute Gasteiger partial charge is 0.262 e. The summed E-state index contributed by atoms with van der Waals surface area (Å²) in [4.78, 5) is 17.5. The lowest BCUT2D eigenvalue weighted by Crippen LogP contribution is -2.24. The maximum Gasteiger partial charge on any atom is 0.262 e. The SMILES string of the molecule is COCCCn1c(SCc2ccc(F)cc2)nc2ccccc2c1=O. The molecule has 0 unspecified atom stereocenters. The lowest BCUT2D eigenvalue weighted by atomic mass is 10.2. The van der Waals surface area contributed by atoms with Gasteiger partial charge >= 0.3 is 0 Å². The molecule has 0 spiro atoms. The fourth-order valence-electron chi connectivity index (χ4n) is 2.55. The van der Waals surface area contributed by atoms with Crippen LogP contribution in [-0.2, 0) is 17.0 Å². The third-order valence-corrected chi connectivity index (χ3v) is 4.89. The van der Waals surface area contributed by atoms with Crippen LogP contribution in [0.5, 0.6) is 0 Å². The van der Waals surface area contributed by atoms with E-state index in [0.29, 0.717) is 35.0 Å². The van der Waals surface area contributed by atoms with Crippen LogP contribution in [0.2, 0.25) is 0 Å². The average molecular weight is 358 g/mol. The van der Waals surface area contributed by atoms with Crippen molar-refractivity contribution in [3.8, 4) is 0 Å². The van der Waals surface area contributed by atoms with Gasteiger partial charge in [-0.15, -0.1) is 0 Å². The molecule has 0 N–H and O–H groups in total. The number of benzene rings is 2. The molecule has 130 valence electrons. The normalized spacial score (nSPS) is 11.1. The number of thioether (sulfide) groups is 1. The summed E-state index contributed by atoms with van der Waals surface area (Å²) in [5, 5.41) is 1.29. The predicted octanol–water partition coefficient (Wildman–Crippen LogP) is 3.86. The number of rotatable bonds is 7. The molecule has 4 nitrogen and oxygen atoms in total. The van der Waals surface area contributed by atoms with Crippen LogP contribution in [0.4, 0.5) is 4.39 Å². The van der Waals surface area contributed by atoms with Crippen molar-refractivity contribution in [2.24, 2.45) is 0 Å². The second-order valence-electron chi connectivity index (χ2n) is 5.63. The molecule has 0 aliphatic rings. The zero-order chi connectivity index (χ0) is 17.6. The van der Waals surface area contributed by atoms with E-state index in [1.807, 2.05) is 18.2 Å². The molecule has 0 saturated carbocycles. The second-order valence-corrected chi connectivity index (χ2v) is 6.57. The summed E-state index contributed by atoms with van der Waals surface area (Å²) in [6.07, 6.45) is 0.737. The van der Waals surface area contributed by atoms with E-state index in [2.05, 4.69) is 4.98 Å². The minimum Gasteiger partial charge on any atom is -0.385 e. The van der Waals surface area contributed by atoms with Crippen molar-refractivity contribution in [2.45, 2.75) is 23.9 Å². The minimum atomic E-state index is -0.256. The highest BCUT2D eigenvalue weighted by Gasteiger charge is 2.11. The van der Waals surface area contributed by atoms with E-state index in [0.717, 1.165) is 12.0 Å². The van der Waals surface area contributed by atoms with E-state index in [1.54, 1.807) is 29.9 Å². The quantitative estimate of drug-likeness (QED) is 0.365. The molecule has 25 heavy (non-hydrogen) atoms. The van der Waals surface area contributed by atoms with Gasteiger partial charge in [-0.25, -0.2) is 9.37 Å². The van der Waals surface area contributed by atoms with Gasteiger partial charge in [-0.2, -0.15) is 0 Å². The first kappa shape index (κ1) is 17.6. The minimum absolute atomic E-state index is 0.0386. The summed E-state index contributed by atoms with van der Waals surface area (Å²) in [6.45, 7) is 1.14. The molecule has 6 heteroatoms. The third-order valence-electron chi connectivity index (χ3n) is 3.84. The summed E-state index contributed by atoms with van der Waals surface area (Å²) >= 11 is 1.48. The van der Waals surface area contributed by atoms with Crippen LogP contribution in [0.3, 0.4) is 0 Å². The van der Waals surface area contributed by atoms with Gasteiger partial charge in [0.2, 0.25) is 0 Å². The Balaban J connectivity index is 1.91. The molecular weight excluding hydrogens is 339 g/mol. The maximum atomic E-state index is 13.0. The molecule has 0 atom stereocenters. The molecule has 1 heterocycles. The number of halogens is 1. The summed E-state index contributed by atoms with van der Waals surface area (Å²) < 4.78 is 19.8. The maximum absolute atomic E-state index is 13.0. The van der Waals surface area contributed by atoms with E-state index in [1.165, 1.54) is 23.9 Å². The van der Waals surface area contributed by atoms with Gasteiger partial charge in [0.1, 0.15) is 5.82 Å². The second kappa shape index (κ2) is 8.27. The van der Waals surface area contributed by atoms with Crippen molar-refractivity contribution < 1.29 is 9.13 Å². The fourth-order valence-corrected chi connectivity index (χ4v) is 3.53. The summed E-state index contributed by atoms with van der Waals surface area (Å²) in [6, 6.07) is 13.7. The summed E-state index contributed by atoms with van der Waals surface area (Å²) in [5.74, 6) is 0.365. The van der Waals surface area contributed by atoms with Crippen molar-refractivity contribution in [3.63, 3.8) is 0 Å². The number of aromatic nitrogens is 2. The van der Waals surface area contributed by atoms with E-state index in [9.17, 15) is 9.18 Å². The highest BCUT2D eigenvalue weighted by molar-refractivity contribution is 7.98. The largest absolute Gasteiger partial charge is 0.385 e. The Morgan fingerprint density at radius 1 is 1.16 bits per heavy atom. The number of para-hydroxylation sites is 1. The van der Waals surface area contributed by atoms with E-state index >= 15 is 0 Å². The molecule has 0 aliphatic carbocycles. The zero-order valence-corrected chi connectivity index (χ0v) is 14.8. The van der Waals surface area contributed by atoms with Gasteiger partial charge in [-0.1, -0.05) is 36.0 Å². The molecule has 0 bridgehead atoms. The monoisotopic (exact) mass is 358 g/mol. The first-order valence-electron chi connectivity index (χ1n) is 8.05. The van der Waals surface area contributed by atoms with Crippen LogP contribution in [0, 0.1) is 5.82 Å². The standard InChI is InChI=1S/C19H19FN2O2S/c1-24-12-4-11-22-18(23)16-5-2-3-6-17(16)21-19(22)25-13-14-7-9-15(20)10-8-14/h2-3,5-10H,4,11-13H2,1H3. The summed E-state index contributed by atoms with van der Waals surface area (Å²) in [5.41, 5.74) is 1.64. The predicted molar refractivity (Wildman–Crippen MR) is 98.5 cm³/mol. The number of methoxy groups -OCH3 is 1. The lowest BCUT2D eigenvalue weighted by Gasteiger charge is -2.13. The number of ether oxygens (including phenoxy) is 1. The first-order chi connectivity index (χ1) is 12.2. The van der Waals surface area contributed by atoms with Gasteiger partial charge < -0.3 is 4.74 Å². The average Bonchev–Trinajstić information content (AvgIpc) is 2.63. The Morgan fingerprint density at radius 2 is 1.92 bits per heavy atom. The molecule has 0 aliphatic heterocycles. The zero-order valence-electron chi connectivity index (χ0n) is 13.9. The number of hydrogen-bond acceptors (Lipinski definition) is 4. The molecule has 0 amide bonds. The van der Waals surface area contributed by atoms with Crippen LogP contribution in [0.15, 0.2) is 58.5 Å². The van der Waals surface area contributed by atoms with Gasteiger partial charge in [0.05, 0.1) is 10.9 Å². The Labute approximate surface area is 149 Å². The van der Waals surface area contributed by atoms with Crippen molar-refractivity contribution in [1.29, 1.82) is 0 Å². The molecular formula is C19H19FN2O2S. The van der Waals surface area contributed by atoms with Crippen molar-refractivity contribution in [1.82, 2.24) is 9.55 Å². The molecule has 3 rings (SSSR count). The van der Waals surface area contributed by atoms with Crippen LogP contribution in [0.1, 0.15) is 12.0 Å². The third kappa shape index (κ3) is 4.27. The van der Waals surface area contributed by atoms with E-state index < -0.39 is 0 Å². The number of hydrogen-bond donors (Lipinski definition) is 0. The van der Waals surface area contributed by atoms with Gasteiger partial charge in [0.25, 0.3) is 5.56 Å². The van der Waals surface area contributed by atoms with Crippen LogP contribution >= 0.6 is 11.8 Å². The van der Waals surface area contributed by atoms with Gasteiger partial charge in [-0.05, 0) is 36.2 Å². The topological polar surface area (TPSA) is 44.1 Å². The van der Waals surface area contributed by atoms with Crippen LogP contribution < -0.4 is 5.56 Å². The highest BCUT2D eigenvalue weighted by Crippen LogP contribution is 2.22. The number of nitrogens with zero attached hydrogens (tertiary/aromatic N) is 2. The molecule has 3 aromatic rings. The van der Waals surface area contributed by atoms with Gasteiger partial charge in [0.15, 0.2) is 5.16 Å². The van der Waals surface area contributed by atoms with Gasteiger partial charge in [-0.3, -0.25) is 9.36 Å². The van der Waals surface area contributed by atoms with Crippen LogP contribution in [0.25, 0.3) is 10.9 Å². The van der Waals surface area contributed by atoms with Gasteiger partial charge in [0, 0.05) is 26.0 Å². The molecule has 0 radical (unpaired) electrons. The molecule has 0 saturated heterocycles. The first-order valence-corrected chi connectivity index (χ1v) is 9.03. The molecule has 0 fully saturated rings.